The average molecular weight is 472 g/mol. The molecule has 1 aromatic heterocycles. The molecule has 2 aromatic rings. The summed E-state index contributed by atoms with van der Waals surface area (Å²) < 4.78 is 0. The Morgan fingerprint density at radius 3 is 2.56 bits per heavy atom. The molecule has 32 heavy (non-hydrogen) atoms. The number of nitro groups is 2. The van der Waals surface area contributed by atoms with Crippen molar-refractivity contribution in [2.24, 2.45) is 5.73 Å². The van der Waals surface area contributed by atoms with Crippen LogP contribution in [-0.2, 0) is 4.79 Å². The van der Waals surface area contributed by atoms with E-state index in [-0.39, 0.29) is 45.0 Å². The van der Waals surface area contributed by atoms with Gasteiger partial charge in [-0.2, -0.15) is 5.26 Å². The summed E-state index contributed by atoms with van der Waals surface area (Å²) in [5.74, 6) is -1.08. The summed E-state index contributed by atoms with van der Waals surface area (Å²) in [4.78, 5) is 36.3. The summed E-state index contributed by atoms with van der Waals surface area (Å²) in [7, 11) is 0. The first-order valence-corrected chi connectivity index (χ1v) is 10.6. The summed E-state index contributed by atoms with van der Waals surface area (Å²) in [6, 6.07) is 8.71. The smallest absolute Gasteiger partial charge is 0.324 e. The predicted octanol–water partition coefficient (Wildman–Crippen LogP) is 4.52. The summed E-state index contributed by atoms with van der Waals surface area (Å²) in [6.45, 7) is 0. The summed E-state index contributed by atoms with van der Waals surface area (Å²) in [5.41, 5.74) is 7.17. The van der Waals surface area contributed by atoms with Gasteiger partial charge < -0.3 is 5.73 Å². The molecule has 2 heterocycles. The lowest BCUT2D eigenvalue weighted by atomic mass is 9.78. The molecule has 2 N–H and O–H groups in total. The molecule has 1 unspecified atom stereocenters. The van der Waals surface area contributed by atoms with Crippen LogP contribution in [0.25, 0.3) is 0 Å². The van der Waals surface area contributed by atoms with Gasteiger partial charge in [-0.05, 0) is 25.0 Å². The van der Waals surface area contributed by atoms with Crippen molar-refractivity contribution in [3.63, 3.8) is 0 Å². The van der Waals surface area contributed by atoms with E-state index in [2.05, 4.69) is 0 Å². The predicted molar refractivity (Wildman–Crippen MR) is 117 cm³/mol. The van der Waals surface area contributed by atoms with Crippen molar-refractivity contribution < 1.29 is 14.6 Å². The van der Waals surface area contributed by atoms with Gasteiger partial charge in [0.15, 0.2) is 5.78 Å². The highest BCUT2D eigenvalue weighted by molar-refractivity contribution is 7.15. The van der Waals surface area contributed by atoms with Gasteiger partial charge in [0.25, 0.3) is 5.69 Å². The molecule has 0 bridgehead atoms. The van der Waals surface area contributed by atoms with Crippen molar-refractivity contribution in [3.05, 3.63) is 83.1 Å². The van der Waals surface area contributed by atoms with Gasteiger partial charge in [-0.15, -0.1) is 0 Å². The Hall–Kier alpha value is -3.75. The third kappa shape index (κ3) is 3.39. The molecule has 1 aromatic carbocycles. The number of nitrogens with zero attached hydrogens (tertiary/aromatic N) is 4. The third-order valence-electron chi connectivity index (χ3n) is 5.37. The number of Topliss-reactive ketones (excluding diaryl/α,β-unsaturated/α-hetero) is 1. The number of anilines is 1. The third-order valence-corrected chi connectivity index (χ3v) is 6.79. The number of allylic oxidation sites excluding steroid dienone is 3. The average Bonchev–Trinajstić information content (AvgIpc) is 3.24. The molecular formula is C20H14ClN5O5S. The first-order valence-electron chi connectivity index (χ1n) is 9.38. The Balaban J connectivity index is 1.98. The number of nitro benzene ring substituents is 1. The maximum atomic E-state index is 13.0. The second-order valence-electron chi connectivity index (χ2n) is 7.14. The van der Waals surface area contributed by atoms with Gasteiger partial charge in [-0.25, -0.2) is 0 Å². The zero-order valence-corrected chi connectivity index (χ0v) is 17.9. The number of nitriles is 1. The van der Waals surface area contributed by atoms with Gasteiger partial charge in [-0.3, -0.25) is 29.9 Å². The van der Waals surface area contributed by atoms with Crippen LogP contribution in [0.3, 0.4) is 0 Å². The molecule has 1 atom stereocenters. The van der Waals surface area contributed by atoms with Crippen LogP contribution in [-0.4, -0.2) is 15.6 Å². The highest BCUT2D eigenvalue weighted by Gasteiger charge is 2.42. The van der Waals surface area contributed by atoms with Crippen molar-refractivity contribution in [1.82, 2.24) is 0 Å². The zero-order valence-electron chi connectivity index (χ0n) is 16.3. The minimum atomic E-state index is -0.852. The standard InChI is InChI=1S/C20H14ClN5O5S/c21-12-5-4-10(25(28)29)8-14(12)24-13-2-1-3-15(27)19(13)18(11(9-22)20(24)23)16-6-7-17(32-16)26(30)31/h4-8,18H,1-3,23H2. The van der Waals surface area contributed by atoms with Crippen LogP contribution in [0.2, 0.25) is 5.02 Å². The van der Waals surface area contributed by atoms with E-state index in [1.807, 2.05) is 6.07 Å². The van der Waals surface area contributed by atoms with Gasteiger partial charge in [0.1, 0.15) is 5.82 Å². The fraction of sp³-hybridized carbons (Fsp3) is 0.200. The number of hydrogen-bond acceptors (Lipinski definition) is 9. The quantitative estimate of drug-likeness (QED) is 0.503. The monoisotopic (exact) mass is 471 g/mol. The van der Waals surface area contributed by atoms with Crippen LogP contribution in [0.1, 0.15) is 30.1 Å². The number of non-ortho nitro benzene ring substituents is 1. The van der Waals surface area contributed by atoms with Crippen molar-refractivity contribution in [3.8, 4) is 6.07 Å². The van der Waals surface area contributed by atoms with Crippen LogP contribution in [0.15, 0.2) is 53.0 Å². The van der Waals surface area contributed by atoms with Gasteiger partial charge in [0.2, 0.25) is 0 Å². The molecule has 162 valence electrons. The first kappa shape index (κ1) is 21.5. The molecule has 1 aliphatic heterocycles. The lowest BCUT2D eigenvalue weighted by Gasteiger charge is -2.39. The molecule has 0 amide bonds. The number of halogens is 1. The maximum absolute atomic E-state index is 13.0. The second kappa shape index (κ2) is 8.07. The highest BCUT2D eigenvalue weighted by Crippen LogP contribution is 2.49. The molecule has 0 fully saturated rings. The minimum absolute atomic E-state index is 0.0237. The largest absolute Gasteiger partial charge is 0.384 e. The summed E-state index contributed by atoms with van der Waals surface area (Å²) in [6.07, 6.45) is 1.19. The van der Waals surface area contributed by atoms with Crippen molar-refractivity contribution in [2.75, 3.05) is 4.90 Å². The number of benzene rings is 1. The molecule has 12 heteroatoms. The van der Waals surface area contributed by atoms with E-state index in [1.165, 1.54) is 35.2 Å². The molecule has 0 saturated heterocycles. The van der Waals surface area contributed by atoms with Crippen LogP contribution < -0.4 is 10.6 Å². The Morgan fingerprint density at radius 2 is 1.94 bits per heavy atom. The van der Waals surface area contributed by atoms with E-state index in [0.29, 0.717) is 29.0 Å². The number of hydrogen-bond donors (Lipinski definition) is 1. The van der Waals surface area contributed by atoms with Crippen molar-refractivity contribution in [1.29, 1.82) is 5.26 Å². The molecule has 10 nitrogen and oxygen atoms in total. The minimum Gasteiger partial charge on any atom is -0.384 e. The molecule has 2 aliphatic rings. The Labute approximate surface area is 190 Å². The van der Waals surface area contributed by atoms with E-state index in [0.717, 1.165) is 11.3 Å². The number of rotatable bonds is 4. The topological polar surface area (TPSA) is 156 Å². The van der Waals surface area contributed by atoms with Crippen molar-refractivity contribution in [2.45, 2.75) is 25.2 Å². The van der Waals surface area contributed by atoms with Crippen molar-refractivity contribution >= 4 is 45.1 Å². The Bertz CT molecular complexity index is 1290. The Morgan fingerprint density at radius 1 is 1.19 bits per heavy atom. The summed E-state index contributed by atoms with van der Waals surface area (Å²) >= 11 is 7.22. The molecule has 0 saturated carbocycles. The van der Waals surface area contributed by atoms with Gasteiger partial charge in [0.05, 0.1) is 38.1 Å². The molecule has 1 aliphatic carbocycles. The number of thiophene rings is 1. The normalized spacial score (nSPS) is 18.4. The fourth-order valence-corrected chi connectivity index (χ4v) is 5.17. The lowest BCUT2D eigenvalue weighted by molar-refractivity contribution is -0.384. The first-order chi connectivity index (χ1) is 15.2. The van der Waals surface area contributed by atoms with E-state index in [9.17, 15) is 30.3 Å². The van der Waals surface area contributed by atoms with E-state index in [1.54, 1.807) is 0 Å². The van der Waals surface area contributed by atoms with Crippen LogP contribution in [0, 0.1) is 31.6 Å². The molecule has 4 rings (SSSR count). The van der Waals surface area contributed by atoms with E-state index in [4.69, 9.17) is 17.3 Å². The number of ketones is 1. The number of carbonyl (C=O) groups excluding carboxylic acids is 1. The second-order valence-corrected chi connectivity index (χ2v) is 8.64. The molecule has 0 spiro atoms. The van der Waals surface area contributed by atoms with E-state index < -0.39 is 15.8 Å². The van der Waals surface area contributed by atoms with E-state index >= 15 is 0 Å². The SMILES string of the molecule is N#CC1=C(N)N(c2cc([N+](=O)[O-])ccc2Cl)C2=C(C(=O)CCC2)C1c1ccc([N+](=O)[O-])s1. The summed E-state index contributed by atoms with van der Waals surface area (Å²) in [5, 5.41) is 32.5. The van der Waals surface area contributed by atoms with Gasteiger partial charge in [0, 0.05) is 40.8 Å². The zero-order chi connectivity index (χ0) is 23.2. The molecular weight excluding hydrogens is 458 g/mol. The van der Waals surface area contributed by atoms with Crippen LogP contribution >= 0.6 is 22.9 Å². The van der Waals surface area contributed by atoms with Gasteiger partial charge >= 0.3 is 5.00 Å². The Kier molecular flexibility index (Phi) is 5.41. The highest BCUT2D eigenvalue weighted by atomic mass is 35.5. The fourth-order valence-electron chi connectivity index (χ4n) is 4.03. The lowest BCUT2D eigenvalue weighted by Crippen LogP contribution is -2.38. The molecule has 0 radical (unpaired) electrons. The van der Waals surface area contributed by atoms with Gasteiger partial charge in [-0.1, -0.05) is 22.9 Å². The van der Waals surface area contributed by atoms with Crippen LogP contribution in [0.4, 0.5) is 16.4 Å². The maximum Gasteiger partial charge on any atom is 0.324 e. The van der Waals surface area contributed by atoms with Crippen LogP contribution in [0.5, 0.6) is 0 Å². The number of carbonyl (C=O) groups is 1. The number of nitrogens with two attached hydrogens (primary N) is 1.